The van der Waals surface area contributed by atoms with Crippen LogP contribution in [0.25, 0.3) is 6.08 Å². The molecule has 1 aliphatic heterocycles. The van der Waals surface area contributed by atoms with Crippen LogP contribution in [-0.4, -0.2) is 21.3 Å². The van der Waals surface area contributed by atoms with E-state index in [4.69, 9.17) is 11.6 Å². The van der Waals surface area contributed by atoms with Gasteiger partial charge in [-0.05, 0) is 47.7 Å². The lowest BCUT2D eigenvalue weighted by atomic mass is 10.2. The van der Waals surface area contributed by atoms with Crippen molar-refractivity contribution in [2.45, 2.75) is 0 Å². The summed E-state index contributed by atoms with van der Waals surface area (Å²) in [4.78, 5) is 16.7. The summed E-state index contributed by atoms with van der Waals surface area (Å²) in [6.07, 6.45) is 1.61. The Labute approximate surface area is 141 Å². The van der Waals surface area contributed by atoms with Crippen molar-refractivity contribution in [2.75, 3.05) is 0 Å². The zero-order valence-corrected chi connectivity index (χ0v) is 13.2. The van der Waals surface area contributed by atoms with Gasteiger partial charge in [0, 0.05) is 0 Å². The van der Waals surface area contributed by atoms with Crippen LogP contribution < -0.4 is 5.32 Å². The normalized spacial score (nSPS) is 17.7. The first-order valence-electron chi connectivity index (χ1n) is 6.59. The molecule has 23 heavy (non-hydrogen) atoms. The lowest BCUT2D eigenvalue weighted by Crippen LogP contribution is -2.19. The summed E-state index contributed by atoms with van der Waals surface area (Å²) < 4.78 is 0. The summed E-state index contributed by atoms with van der Waals surface area (Å²) in [6.45, 7) is 0. The van der Waals surface area contributed by atoms with Crippen molar-refractivity contribution < 1.29 is 15.0 Å². The van der Waals surface area contributed by atoms with Crippen molar-refractivity contribution in [3.63, 3.8) is 0 Å². The molecule has 0 aliphatic carbocycles. The fourth-order valence-electron chi connectivity index (χ4n) is 1.91. The number of carbonyl (C=O) groups is 1. The number of hydrogen-bond acceptors (Lipinski definition) is 5. The first-order chi connectivity index (χ1) is 11.0. The number of para-hydroxylation sites is 1. The molecule has 0 aromatic heterocycles. The number of phenolic OH excluding ortho intramolecular Hbond substituents is 2. The number of rotatable bonds is 2. The fourth-order valence-corrected chi connectivity index (χ4v) is 2.93. The van der Waals surface area contributed by atoms with Crippen LogP contribution in [-0.2, 0) is 4.79 Å². The molecular formula is C16H11ClN2O3S. The van der Waals surface area contributed by atoms with Gasteiger partial charge in [-0.25, -0.2) is 4.99 Å². The number of amidine groups is 1. The van der Waals surface area contributed by atoms with Gasteiger partial charge >= 0.3 is 0 Å². The summed E-state index contributed by atoms with van der Waals surface area (Å²) >= 11 is 7.22. The maximum atomic E-state index is 12.0. The second kappa shape index (κ2) is 6.36. The van der Waals surface area contributed by atoms with Crippen molar-refractivity contribution in [2.24, 2.45) is 4.99 Å². The third-order valence-electron chi connectivity index (χ3n) is 3.02. The third kappa shape index (κ3) is 3.49. The molecule has 1 fully saturated rings. The van der Waals surface area contributed by atoms with Crippen molar-refractivity contribution in [1.29, 1.82) is 0 Å². The largest absolute Gasteiger partial charge is 0.504 e. The molecule has 2 aromatic rings. The van der Waals surface area contributed by atoms with Gasteiger partial charge in [-0.15, -0.1) is 0 Å². The second-order valence-electron chi connectivity index (χ2n) is 4.68. The second-order valence-corrected chi connectivity index (χ2v) is 6.12. The molecular weight excluding hydrogens is 336 g/mol. The minimum atomic E-state index is -0.284. The molecule has 2 aromatic carbocycles. The van der Waals surface area contributed by atoms with Crippen molar-refractivity contribution in [1.82, 2.24) is 5.32 Å². The van der Waals surface area contributed by atoms with Crippen molar-refractivity contribution in [3.05, 3.63) is 58.0 Å². The molecule has 1 heterocycles. The average Bonchev–Trinajstić information content (AvgIpc) is 2.85. The smallest absolute Gasteiger partial charge is 0.264 e. The van der Waals surface area contributed by atoms with E-state index in [0.717, 1.165) is 0 Å². The highest BCUT2D eigenvalue weighted by atomic mass is 35.5. The van der Waals surface area contributed by atoms with Crippen LogP contribution in [0.15, 0.2) is 52.4 Å². The Morgan fingerprint density at radius 3 is 2.65 bits per heavy atom. The van der Waals surface area contributed by atoms with E-state index in [0.29, 0.717) is 26.3 Å². The number of amides is 1. The number of carbonyl (C=O) groups excluding carboxylic acids is 1. The minimum absolute atomic E-state index is 0.211. The number of hydrogen-bond donors (Lipinski definition) is 3. The lowest BCUT2D eigenvalue weighted by molar-refractivity contribution is -0.115. The van der Waals surface area contributed by atoms with Gasteiger partial charge in [0.2, 0.25) is 0 Å². The van der Waals surface area contributed by atoms with Crippen LogP contribution in [0.1, 0.15) is 5.56 Å². The number of benzene rings is 2. The summed E-state index contributed by atoms with van der Waals surface area (Å²) in [7, 11) is 0. The fraction of sp³-hybridized carbons (Fsp3) is 0. The Kier molecular flexibility index (Phi) is 4.27. The molecule has 116 valence electrons. The Morgan fingerprint density at radius 2 is 1.91 bits per heavy atom. The molecule has 0 bridgehead atoms. The van der Waals surface area contributed by atoms with E-state index in [1.165, 1.54) is 23.9 Å². The van der Waals surface area contributed by atoms with E-state index in [1.807, 2.05) is 6.07 Å². The highest BCUT2D eigenvalue weighted by Crippen LogP contribution is 2.32. The maximum Gasteiger partial charge on any atom is 0.264 e. The van der Waals surface area contributed by atoms with E-state index in [-0.39, 0.29) is 17.4 Å². The van der Waals surface area contributed by atoms with E-state index >= 15 is 0 Å². The zero-order valence-electron chi connectivity index (χ0n) is 11.7. The van der Waals surface area contributed by atoms with Gasteiger partial charge in [0.05, 0.1) is 15.6 Å². The maximum absolute atomic E-state index is 12.0. The number of halogens is 1. The zero-order chi connectivity index (χ0) is 16.4. The van der Waals surface area contributed by atoms with Crippen molar-refractivity contribution in [3.8, 4) is 11.5 Å². The summed E-state index contributed by atoms with van der Waals surface area (Å²) in [5.41, 5.74) is 1.16. The summed E-state index contributed by atoms with van der Waals surface area (Å²) in [6, 6.07) is 11.4. The van der Waals surface area contributed by atoms with Gasteiger partial charge in [-0.1, -0.05) is 29.8 Å². The molecule has 0 spiro atoms. The highest BCUT2D eigenvalue weighted by molar-refractivity contribution is 8.18. The van der Waals surface area contributed by atoms with Gasteiger partial charge in [0.1, 0.15) is 0 Å². The standard InChI is InChI=1S/C16H11ClN2O3S/c17-10-3-1-2-4-11(10)18-16-19-15(22)14(23-16)8-9-5-6-12(20)13(21)7-9/h1-8,20-21H,(H,18,19,22)/b14-8+. The molecule has 7 heteroatoms. The molecule has 0 unspecified atom stereocenters. The molecule has 1 amide bonds. The van der Waals surface area contributed by atoms with E-state index < -0.39 is 0 Å². The van der Waals surface area contributed by atoms with Crippen LogP contribution in [0.4, 0.5) is 5.69 Å². The summed E-state index contributed by atoms with van der Waals surface area (Å²) in [5, 5.41) is 22.4. The van der Waals surface area contributed by atoms with Gasteiger partial charge in [-0.3, -0.25) is 4.79 Å². The molecule has 0 radical (unpaired) electrons. The first-order valence-corrected chi connectivity index (χ1v) is 7.78. The van der Waals surface area contributed by atoms with Crippen LogP contribution in [0, 0.1) is 0 Å². The molecule has 1 aliphatic rings. The number of phenols is 2. The van der Waals surface area contributed by atoms with E-state index in [9.17, 15) is 15.0 Å². The van der Waals surface area contributed by atoms with Crippen LogP contribution in [0.2, 0.25) is 5.02 Å². The third-order valence-corrected chi connectivity index (χ3v) is 4.25. The molecule has 5 nitrogen and oxygen atoms in total. The predicted molar refractivity (Wildman–Crippen MR) is 92.0 cm³/mol. The number of nitrogens with zero attached hydrogens (tertiary/aromatic N) is 1. The molecule has 0 atom stereocenters. The van der Waals surface area contributed by atoms with E-state index in [2.05, 4.69) is 10.3 Å². The molecule has 3 N–H and O–H groups in total. The first kappa shape index (κ1) is 15.5. The molecule has 0 saturated carbocycles. The van der Waals surface area contributed by atoms with Crippen molar-refractivity contribution >= 4 is 46.2 Å². The van der Waals surface area contributed by atoms with Crippen LogP contribution in [0.3, 0.4) is 0 Å². The molecule has 3 rings (SSSR count). The number of nitrogens with one attached hydrogen (secondary N) is 1. The highest BCUT2D eigenvalue weighted by Gasteiger charge is 2.24. The minimum Gasteiger partial charge on any atom is -0.504 e. The number of aliphatic imine (C=N–C) groups is 1. The van der Waals surface area contributed by atoms with Crippen LogP contribution in [0.5, 0.6) is 11.5 Å². The number of thioether (sulfide) groups is 1. The van der Waals surface area contributed by atoms with Gasteiger partial charge < -0.3 is 15.5 Å². The van der Waals surface area contributed by atoms with Gasteiger partial charge in [0.25, 0.3) is 5.91 Å². The van der Waals surface area contributed by atoms with Gasteiger partial charge in [0.15, 0.2) is 16.7 Å². The Bertz CT molecular complexity index is 849. The Balaban J connectivity index is 1.86. The lowest BCUT2D eigenvalue weighted by Gasteiger charge is -1.99. The quantitative estimate of drug-likeness (QED) is 0.572. The van der Waals surface area contributed by atoms with E-state index in [1.54, 1.807) is 30.3 Å². The monoisotopic (exact) mass is 346 g/mol. The Morgan fingerprint density at radius 1 is 1.13 bits per heavy atom. The summed E-state index contributed by atoms with van der Waals surface area (Å²) in [5.74, 6) is -0.738. The average molecular weight is 347 g/mol. The van der Waals surface area contributed by atoms with Crippen LogP contribution >= 0.6 is 23.4 Å². The topological polar surface area (TPSA) is 81.9 Å². The number of aromatic hydroxyl groups is 2. The van der Waals surface area contributed by atoms with Gasteiger partial charge in [-0.2, -0.15) is 0 Å². The predicted octanol–water partition coefficient (Wildman–Crippen LogP) is 3.64. The molecule has 1 saturated heterocycles. The SMILES string of the molecule is O=C1NC(=Nc2ccccc2Cl)S/C1=C/c1ccc(O)c(O)c1. The Hall–Kier alpha value is -2.44.